The number of piperazine rings is 1. The van der Waals surface area contributed by atoms with Crippen LogP contribution < -0.4 is 4.90 Å². The van der Waals surface area contributed by atoms with Gasteiger partial charge >= 0.3 is 6.09 Å². The standard InChI is InChI=1S/C11H12BrN3O2/c12-7-1-8(4-13-3-7)14-5-10-2-9(14)6-15(10)11(16)17/h1,3-4,9-10H,2,5-6H2,(H,16,17). The molecular formula is C11H12BrN3O2. The first-order valence-electron chi connectivity index (χ1n) is 5.52. The molecule has 3 rings (SSSR count). The van der Waals surface area contributed by atoms with E-state index in [1.165, 1.54) is 0 Å². The number of rotatable bonds is 1. The van der Waals surface area contributed by atoms with Crippen molar-refractivity contribution in [3.05, 3.63) is 22.9 Å². The Morgan fingerprint density at radius 2 is 2.24 bits per heavy atom. The number of hydrogen-bond acceptors (Lipinski definition) is 3. The summed E-state index contributed by atoms with van der Waals surface area (Å²) in [4.78, 5) is 18.9. The van der Waals surface area contributed by atoms with Crippen molar-refractivity contribution in [3.8, 4) is 0 Å². The SMILES string of the molecule is O=C(O)N1CC2CC1CN2c1cncc(Br)c1. The highest BCUT2D eigenvalue weighted by atomic mass is 79.9. The van der Waals surface area contributed by atoms with Crippen LogP contribution >= 0.6 is 15.9 Å². The summed E-state index contributed by atoms with van der Waals surface area (Å²) in [5, 5.41) is 9.02. The first kappa shape index (κ1) is 10.8. The summed E-state index contributed by atoms with van der Waals surface area (Å²) in [7, 11) is 0. The Balaban J connectivity index is 1.80. The summed E-state index contributed by atoms with van der Waals surface area (Å²) >= 11 is 3.40. The van der Waals surface area contributed by atoms with Crippen molar-refractivity contribution in [3.63, 3.8) is 0 Å². The molecule has 1 amide bonds. The zero-order valence-corrected chi connectivity index (χ0v) is 10.7. The van der Waals surface area contributed by atoms with Gasteiger partial charge in [0.15, 0.2) is 0 Å². The van der Waals surface area contributed by atoms with E-state index in [4.69, 9.17) is 5.11 Å². The van der Waals surface area contributed by atoms with Crippen LogP contribution in [-0.4, -0.2) is 46.3 Å². The number of likely N-dealkylation sites (tertiary alicyclic amines) is 1. The van der Waals surface area contributed by atoms with Crippen LogP contribution in [-0.2, 0) is 0 Å². The second kappa shape index (κ2) is 3.87. The average Bonchev–Trinajstić information content (AvgIpc) is 2.87. The molecule has 2 unspecified atom stereocenters. The molecule has 2 fully saturated rings. The molecule has 1 aromatic rings. The summed E-state index contributed by atoms with van der Waals surface area (Å²) in [6.45, 7) is 1.38. The topological polar surface area (TPSA) is 56.7 Å². The van der Waals surface area contributed by atoms with E-state index in [9.17, 15) is 4.79 Å². The lowest BCUT2D eigenvalue weighted by Crippen LogP contribution is -2.48. The van der Waals surface area contributed by atoms with E-state index in [1.807, 2.05) is 12.3 Å². The molecule has 0 radical (unpaired) electrons. The van der Waals surface area contributed by atoms with E-state index in [1.54, 1.807) is 11.1 Å². The maximum absolute atomic E-state index is 11.0. The molecule has 1 aromatic heterocycles. The molecule has 2 saturated heterocycles. The summed E-state index contributed by atoms with van der Waals surface area (Å²) in [5.74, 6) is 0. The molecule has 2 atom stereocenters. The van der Waals surface area contributed by atoms with Crippen LogP contribution in [0.2, 0.25) is 0 Å². The highest BCUT2D eigenvalue weighted by Crippen LogP contribution is 2.34. The van der Waals surface area contributed by atoms with E-state index in [0.717, 1.165) is 23.1 Å². The Labute approximate surface area is 107 Å². The molecular weight excluding hydrogens is 286 g/mol. The second-order valence-corrected chi connectivity index (χ2v) is 5.41. The van der Waals surface area contributed by atoms with Crippen LogP contribution in [0.5, 0.6) is 0 Å². The molecule has 90 valence electrons. The van der Waals surface area contributed by atoms with E-state index in [0.29, 0.717) is 12.6 Å². The molecule has 0 aromatic carbocycles. The third kappa shape index (κ3) is 1.76. The van der Waals surface area contributed by atoms with E-state index < -0.39 is 6.09 Å². The van der Waals surface area contributed by atoms with Gasteiger partial charge in [-0.3, -0.25) is 4.98 Å². The Kier molecular flexibility index (Phi) is 2.47. The molecule has 0 spiro atoms. The molecule has 5 nitrogen and oxygen atoms in total. The number of amides is 1. The zero-order valence-electron chi connectivity index (χ0n) is 9.08. The molecule has 1 N–H and O–H groups in total. The van der Waals surface area contributed by atoms with Gasteiger partial charge in [-0.15, -0.1) is 0 Å². The Hall–Kier alpha value is -1.30. The number of aromatic nitrogens is 1. The minimum Gasteiger partial charge on any atom is -0.465 e. The van der Waals surface area contributed by atoms with Gasteiger partial charge in [0.1, 0.15) is 0 Å². The lowest BCUT2D eigenvalue weighted by molar-refractivity contribution is 0.137. The molecule has 0 saturated carbocycles. The molecule has 3 heterocycles. The molecule has 2 aliphatic rings. The van der Waals surface area contributed by atoms with Gasteiger partial charge in [-0.1, -0.05) is 0 Å². The number of pyridine rings is 1. The third-order valence-electron chi connectivity index (χ3n) is 3.51. The van der Waals surface area contributed by atoms with Gasteiger partial charge < -0.3 is 14.9 Å². The normalized spacial score (nSPS) is 26.6. The Bertz CT molecular complexity index is 468. The van der Waals surface area contributed by atoms with Crippen LogP contribution in [0.25, 0.3) is 0 Å². The van der Waals surface area contributed by atoms with Crippen LogP contribution in [0, 0.1) is 0 Å². The number of carboxylic acid groups (broad SMARTS) is 1. The smallest absolute Gasteiger partial charge is 0.407 e. The highest BCUT2D eigenvalue weighted by Gasteiger charge is 2.45. The van der Waals surface area contributed by atoms with Crippen molar-refractivity contribution in [2.24, 2.45) is 0 Å². The number of anilines is 1. The van der Waals surface area contributed by atoms with Crippen LogP contribution in [0.4, 0.5) is 10.5 Å². The molecule has 6 heteroatoms. The quantitative estimate of drug-likeness (QED) is 0.858. The highest BCUT2D eigenvalue weighted by molar-refractivity contribution is 9.10. The maximum Gasteiger partial charge on any atom is 0.407 e. The van der Waals surface area contributed by atoms with Crippen molar-refractivity contribution in [2.45, 2.75) is 18.5 Å². The molecule has 2 bridgehead atoms. The van der Waals surface area contributed by atoms with Crippen LogP contribution in [0.15, 0.2) is 22.9 Å². The number of nitrogens with zero attached hydrogens (tertiary/aromatic N) is 3. The maximum atomic E-state index is 11.0. The van der Waals surface area contributed by atoms with Gasteiger partial charge in [0.05, 0.1) is 17.9 Å². The van der Waals surface area contributed by atoms with Gasteiger partial charge in [0.2, 0.25) is 0 Å². The first-order chi connectivity index (χ1) is 8.15. The van der Waals surface area contributed by atoms with Crippen molar-refractivity contribution < 1.29 is 9.90 Å². The van der Waals surface area contributed by atoms with Crippen LogP contribution in [0.1, 0.15) is 6.42 Å². The molecule has 17 heavy (non-hydrogen) atoms. The van der Waals surface area contributed by atoms with Gasteiger partial charge in [-0.25, -0.2) is 4.79 Å². The molecule has 0 aliphatic carbocycles. The van der Waals surface area contributed by atoms with Gasteiger partial charge in [0, 0.05) is 29.8 Å². The summed E-state index contributed by atoms with van der Waals surface area (Å²) in [6.07, 6.45) is 3.71. The van der Waals surface area contributed by atoms with Crippen molar-refractivity contribution >= 4 is 27.7 Å². The van der Waals surface area contributed by atoms with Crippen molar-refractivity contribution in [2.75, 3.05) is 18.0 Å². The number of hydrogen-bond donors (Lipinski definition) is 1. The van der Waals surface area contributed by atoms with Gasteiger partial charge in [0.25, 0.3) is 0 Å². The minimum atomic E-state index is -0.801. The fraction of sp³-hybridized carbons (Fsp3) is 0.455. The van der Waals surface area contributed by atoms with Crippen LogP contribution in [0.3, 0.4) is 0 Å². The van der Waals surface area contributed by atoms with Crippen molar-refractivity contribution in [1.29, 1.82) is 0 Å². The number of fused-ring (bicyclic) bond motifs is 2. The Morgan fingerprint density at radius 1 is 1.41 bits per heavy atom. The summed E-state index contributed by atoms with van der Waals surface area (Å²) in [6, 6.07) is 2.46. The predicted molar refractivity (Wildman–Crippen MR) is 66.2 cm³/mol. The minimum absolute atomic E-state index is 0.136. The largest absolute Gasteiger partial charge is 0.465 e. The predicted octanol–water partition coefficient (Wildman–Crippen LogP) is 1.79. The van der Waals surface area contributed by atoms with E-state index in [-0.39, 0.29) is 6.04 Å². The number of carbonyl (C=O) groups is 1. The van der Waals surface area contributed by atoms with Gasteiger partial charge in [-0.05, 0) is 28.4 Å². The number of halogens is 1. The summed E-state index contributed by atoms with van der Waals surface area (Å²) in [5.41, 5.74) is 1.07. The fourth-order valence-corrected chi connectivity index (χ4v) is 3.13. The zero-order chi connectivity index (χ0) is 12.0. The van der Waals surface area contributed by atoms with E-state index >= 15 is 0 Å². The van der Waals surface area contributed by atoms with Gasteiger partial charge in [-0.2, -0.15) is 0 Å². The second-order valence-electron chi connectivity index (χ2n) is 4.49. The lowest BCUT2D eigenvalue weighted by Gasteiger charge is -2.33. The molecule has 2 aliphatic heterocycles. The first-order valence-corrected chi connectivity index (χ1v) is 6.31. The summed E-state index contributed by atoms with van der Waals surface area (Å²) < 4.78 is 0.952. The Morgan fingerprint density at radius 3 is 2.82 bits per heavy atom. The third-order valence-corrected chi connectivity index (χ3v) is 3.94. The van der Waals surface area contributed by atoms with Crippen molar-refractivity contribution in [1.82, 2.24) is 9.88 Å². The fourth-order valence-electron chi connectivity index (χ4n) is 2.78. The average molecular weight is 298 g/mol. The lowest BCUT2D eigenvalue weighted by atomic mass is 10.2. The monoisotopic (exact) mass is 297 g/mol. The van der Waals surface area contributed by atoms with E-state index in [2.05, 4.69) is 25.8 Å².